The first-order chi connectivity index (χ1) is 6.52. The molecule has 1 unspecified atom stereocenters. The van der Waals surface area contributed by atoms with Crippen LogP contribution in [-0.2, 0) is 14.9 Å². The van der Waals surface area contributed by atoms with Gasteiger partial charge in [-0.1, -0.05) is 0 Å². The van der Waals surface area contributed by atoms with Gasteiger partial charge in [-0.3, -0.25) is 0 Å². The third-order valence-corrected chi connectivity index (χ3v) is 2.85. The zero-order valence-corrected chi connectivity index (χ0v) is 9.43. The second kappa shape index (κ2) is 7.13. The van der Waals surface area contributed by atoms with Crippen molar-refractivity contribution in [1.82, 2.24) is 9.44 Å². The molecule has 1 atom stereocenters. The number of hydrogen-bond acceptors (Lipinski definition) is 4. The van der Waals surface area contributed by atoms with E-state index in [9.17, 15) is 8.42 Å². The highest BCUT2D eigenvalue weighted by Crippen LogP contribution is 1.90. The van der Waals surface area contributed by atoms with E-state index in [2.05, 4.69) is 9.44 Å². The fraction of sp³-hybridized carbons (Fsp3) is 1.00. The predicted molar refractivity (Wildman–Crippen MR) is 55.1 cm³/mol. The minimum atomic E-state index is -3.41. The number of nitrogens with two attached hydrogens (primary N) is 1. The number of ether oxygens (including phenoxy) is 1. The minimum absolute atomic E-state index is 0.153. The Morgan fingerprint density at radius 3 is 2.64 bits per heavy atom. The van der Waals surface area contributed by atoms with E-state index in [0.29, 0.717) is 19.6 Å². The maximum absolute atomic E-state index is 11.3. The number of hydrogen-bond donors (Lipinski definition) is 3. The number of nitrogens with one attached hydrogen (secondary N) is 2. The summed E-state index contributed by atoms with van der Waals surface area (Å²) in [6.45, 7) is 2.84. The topological polar surface area (TPSA) is 93.4 Å². The van der Waals surface area contributed by atoms with Crippen LogP contribution in [0.2, 0.25) is 0 Å². The minimum Gasteiger partial charge on any atom is -0.383 e. The monoisotopic (exact) mass is 225 g/mol. The number of methoxy groups -OCH3 is 1. The van der Waals surface area contributed by atoms with Gasteiger partial charge in [0.25, 0.3) is 10.2 Å². The summed E-state index contributed by atoms with van der Waals surface area (Å²) in [6.07, 6.45) is 0.616. The van der Waals surface area contributed by atoms with Crippen molar-refractivity contribution in [2.75, 3.05) is 26.8 Å². The molecular formula is C7H19N3O3S. The molecule has 0 radical (unpaired) electrons. The summed E-state index contributed by atoms with van der Waals surface area (Å²) in [5, 5.41) is 0. The fourth-order valence-electron chi connectivity index (χ4n) is 0.894. The Hall–Kier alpha value is -0.210. The van der Waals surface area contributed by atoms with E-state index in [-0.39, 0.29) is 12.6 Å². The van der Waals surface area contributed by atoms with E-state index in [1.54, 1.807) is 6.92 Å². The third kappa shape index (κ3) is 7.22. The number of rotatable bonds is 8. The second-order valence-electron chi connectivity index (χ2n) is 2.99. The molecule has 0 amide bonds. The summed E-state index contributed by atoms with van der Waals surface area (Å²) in [5.41, 5.74) is 5.29. The van der Waals surface area contributed by atoms with Crippen molar-refractivity contribution in [3.63, 3.8) is 0 Å². The van der Waals surface area contributed by atoms with Crippen LogP contribution < -0.4 is 15.2 Å². The molecule has 0 aromatic carbocycles. The van der Waals surface area contributed by atoms with Gasteiger partial charge in [-0.15, -0.1) is 0 Å². The van der Waals surface area contributed by atoms with E-state index in [1.165, 1.54) is 7.11 Å². The largest absolute Gasteiger partial charge is 0.383 e. The summed E-state index contributed by atoms with van der Waals surface area (Å²) in [7, 11) is -1.90. The molecule has 0 rings (SSSR count). The highest BCUT2D eigenvalue weighted by Gasteiger charge is 2.12. The van der Waals surface area contributed by atoms with Crippen molar-refractivity contribution in [1.29, 1.82) is 0 Å². The van der Waals surface area contributed by atoms with Crippen LogP contribution >= 0.6 is 0 Å². The molecule has 86 valence electrons. The lowest BCUT2D eigenvalue weighted by Crippen LogP contribution is -2.43. The molecule has 0 saturated carbocycles. The van der Waals surface area contributed by atoms with Crippen molar-refractivity contribution in [3.05, 3.63) is 0 Å². The molecule has 14 heavy (non-hydrogen) atoms. The van der Waals surface area contributed by atoms with E-state index < -0.39 is 10.2 Å². The summed E-state index contributed by atoms with van der Waals surface area (Å²) < 4.78 is 32.0. The van der Waals surface area contributed by atoms with Crippen molar-refractivity contribution < 1.29 is 13.2 Å². The zero-order chi connectivity index (χ0) is 11.0. The Kier molecular flexibility index (Phi) is 7.02. The van der Waals surface area contributed by atoms with Gasteiger partial charge in [0.1, 0.15) is 0 Å². The maximum atomic E-state index is 11.3. The lowest BCUT2D eigenvalue weighted by molar-refractivity contribution is 0.204. The molecule has 0 aromatic heterocycles. The molecule has 7 heteroatoms. The Bertz CT molecular complexity index is 230. The third-order valence-electron chi connectivity index (χ3n) is 1.55. The second-order valence-corrected chi connectivity index (χ2v) is 4.52. The Labute approximate surface area is 85.4 Å². The molecule has 0 fully saturated rings. The highest BCUT2D eigenvalue weighted by atomic mass is 32.2. The average molecular weight is 225 g/mol. The SMILES string of the molecule is COCCNS(=O)(=O)NC(C)CCN. The molecule has 0 aliphatic heterocycles. The zero-order valence-electron chi connectivity index (χ0n) is 8.62. The van der Waals surface area contributed by atoms with Crippen LogP contribution in [0, 0.1) is 0 Å². The van der Waals surface area contributed by atoms with Gasteiger partial charge in [0.2, 0.25) is 0 Å². The van der Waals surface area contributed by atoms with Crippen LogP contribution in [0.3, 0.4) is 0 Å². The molecule has 0 aliphatic carbocycles. The van der Waals surface area contributed by atoms with Crippen LogP contribution in [0.5, 0.6) is 0 Å². The normalized spacial score (nSPS) is 14.2. The highest BCUT2D eigenvalue weighted by molar-refractivity contribution is 7.87. The smallest absolute Gasteiger partial charge is 0.277 e. The van der Waals surface area contributed by atoms with Gasteiger partial charge >= 0.3 is 0 Å². The van der Waals surface area contributed by atoms with E-state index in [0.717, 1.165) is 0 Å². The van der Waals surface area contributed by atoms with Gasteiger partial charge < -0.3 is 10.5 Å². The first kappa shape index (κ1) is 13.8. The van der Waals surface area contributed by atoms with Crippen LogP contribution in [0.25, 0.3) is 0 Å². The van der Waals surface area contributed by atoms with Crippen LogP contribution in [0.15, 0.2) is 0 Å². The van der Waals surface area contributed by atoms with Crippen LogP contribution in [-0.4, -0.2) is 41.3 Å². The molecule has 0 saturated heterocycles. The van der Waals surface area contributed by atoms with Gasteiger partial charge in [-0.05, 0) is 19.9 Å². The summed E-state index contributed by atoms with van der Waals surface area (Å²) in [5.74, 6) is 0. The van der Waals surface area contributed by atoms with Crippen LogP contribution in [0.1, 0.15) is 13.3 Å². The Balaban J connectivity index is 3.82. The van der Waals surface area contributed by atoms with Crippen molar-refractivity contribution in [3.8, 4) is 0 Å². The van der Waals surface area contributed by atoms with Crippen molar-refractivity contribution >= 4 is 10.2 Å². The first-order valence-corrected chi connectivity index (χ1v) is 5.96. The Morgan fingerprint density at radius 2 is 2.14 bits per heavy atom. The molecular weight excluding hydrogens is 206 g/mol. The quantitative estimate of drug-likeness (QED) is 0.452. The van der Waals surface area contributed by atoms with Gasteiger partial charge in [-0.25, -0.2) is 0 Å². The van der Waals surface area contributed by atoms with Crippen molar-refractivity contribution in [2.45, 2.75) is 19.4 Å². The Morgan fingerprint density at radius 1 is 1.50 bits per heavy atom. The molecule has 0 aromatic rings. The molecule has 4 N–H and O–H groups in total. The van der Waals surface area contributed by atoms with Gasteiger partial charge in [0, 0.05) is 19.7 Å². The van der Waals surface area contributed by atoms with Gasteiger partial charge in [0.15, 0.2) is 0 Å². The first-order valence-electron chi connectivity index (χ1n) is 4.47. The van der Waals surface area contributed by atoms with Gasteiger partial charge in [-0.2, -0.15) is 17.9 Å². The molecule has 0 spiro atoms. The lowest BCUT2D eigenvalue weighted by Gasteiger charge is -2.13. The summed E-state index contributed by atoms with van der Waals surface area (Å²) >= 11 is 0. The van der Waals surface area contributed by atoms with Crippen LogP contribution in [0.4, 0.5) is 0 Å². The summed E-state index contributed by atoms with van der Waals surface area (Å²) in [4.78, 5) is 0. The van der Waals surface area contributed by atoms with Gasteiger partial charge in [0.05, 0.1) is 6.61 Å². The van der Waals surface area contributed by atoms with E-state index >= 15 is 0 Å². The van der Waals surface area contributed by atoms with E-state index in [4.69, 9.17) is 10.5 Å². The molecule has 6 nitrogen and oxygen atoms in total. The predicted octanol–water partition coefficient (Wildman–Crippen LogP) is -1.21. The lowest BCUT2D eigenvalue weighted by atomic mass is 10.3. The molecule has 0 bridgehead atoms. The maximum Gasteiger partial charge on any atom is 0.277 e. The van der Waals surface area contributed by atoms with Crippen molar-refractivity contribution in [2.24, 2.45) is 5.73 Å². The summed E-state index contributed by atoms with van der Waals surface area (Å²) in [6, 6.07) is -0.153. The fourth-order valence-corrected chi connectivity index (χ4v) is 1.98. The average Bonchev–Trinajstić information content (AvgIpc) is 2.03. The standard InChI is InChI=1S/C7H19N3O3S/c1-7(3-4-8)10-14(11,12)9-5-6-13-2/h7,9-10H,3-6,8H2,1-2H3. The molecule has 0 heterocycles. The molecule has 0 aliphatic rings. The van der Waals surface area contributed by atoms with E-state index in [1.807, 2.05) is 0 Å².